The molecule has 1 unspecified atom stereocenters. The Labute approximate surface area is 168 Å². The number of nitrogens with two attached hydrogens (primary N) is 2. The number of ether oxygens (including phenoxy) is 2. The first kappa shape index (κ1) is 21.5. The molecule has 9 heteroatoms. The first-order valence-corrected chi connectivity index (χ1v) is 8.83. The topological polar surface area (TPSA) is 161 Å². The number of amidine groups is 1. The molecule has 0 aliphatic carbocycles. The number of hydrogen-bond acceptors (Lipinski definition) is 6. The summed E-state index contributed by atoms with van der Waals surface area (Å²) in [5.41, 5.74) is 12.0. The van der Waals surface area contributed by atoms with Crippen LogP contribution in [0.25, 0.3) is 0 Å². The van der Waals surface area contributed by atoms with E-state index in [4.69, 9.17) is 26.4 Å². The van der Waals surface area contributed by atoms with Gasteiger partial charge in [-0.3, -0.25) is 10.2 Å². The van der Waals surface area contributed by atoms with Crippen LogP contribution < -0.4 is 26.3 Å². The molecule has 1 amide bonds. The Morgan fingerprint density at radius 2 is 1.76 bits per heavy atom. The predicted molar refractivity (Wildman–Crippen MR) is 108 cm³/mol. The maximum atomic E-state index is 11.9. The van der Waals surface area contributed by atoms with Crippen LogP contribution in [0, 0.1) is 5.41 Å². The third-order valence-electron chi connectivity index (χ3n) is 3.79. The third kappa shape index (κ3) is 6.13. The molecule has 0 spiro atoms. The molecular formula is C20H24N4O5. The molecule has 29 heavy (non-hydrogen) atoms. The SMILES string of the molecule is CC(C)Oc1ccc(C(Nc2ccc(C(=N)N)cc2)C(=O)O)cc1OCC(N)=O. The van der Waals surface area contributed by atoms with Crippen LogP contribution in [0.1, 0.15) is 31.0 Å². The van der Waals surface area contributed by atoms with Crippen LogP contribution in [-0.2, 0) is 9.59 Å². The number of carboxylic acids is 1. The van der Waals surface area contributed by atoms with E-state index in [0.717, 1.165) is 0 Å². The normalized spacial score (nSPS) is 11.6. The van der Waals surface area contributed by atoms with Gasteiger partial charge in [0, 0.05) is 11.3 Å². The van der Waals surface area contributed by atoms with E-state index in [1.165, 1.54) is 6.07 Å². The van der Waals surface area contributed by atoms with Crippen LogP contribution in [0.2, 0.25) is 0 Å². The number of anilines is 1. The highest BCUT2D eigenvalue weighted by atomic mass is 16.5. The molecule has 0 aliphatic heterocycles. The molecule has 9 nitrogen and oxygen atoms in total. The molecule has 2 rings (SSSR count). The summed E-state index contributed by atoms with van der Waals surface area (Å²) in [5, 5.41) is 20.0. The van der Waals surface area contributed by atoms with Gasteiger partial charge in [0.2, 0.25) is 0 Å². The maximum absolute atomic E-state index is 11.9. The first-order valence-electron chi connectivity index (χ1n) is 8.83. The van der Waals surface area contributed by atoms with E-state index < -0.39 is 17.9 Å². The number of benzene rings is 2. The highest BCUT2D eigenvalue weighted by molar-refractivity contribution is 5.95. The van der Waals surface area contributed by atoms with Gasteiger partial charge in [0.25, 0.3) is 5.91 Å². The van der Waals surface area contributed by atoms with Crippen molar-refractivity contribution < 1.29 is 24.2 Å². The molecule has 0 aliphatic rings. The van der Waals surface area contributed by atoms with E-state index in [2.05, 4.69) is 5.32 Å². The molecule has 154 valence electrons. The highest BCUT2D eigenvalue weighted by Crippen LogP contribution is 2.32. The van der Waals surface area contributed by atoms with E-state index in [9.17, 15) is 14.7 Å². The molecule has 0 fully saturated rings. The van der Waals surface area contributed by atoms with Crippen molar-refractivity contribution in [3.63, 3.8) is 0 Å². The lowest BCUT2D eigenvalue weighted by Gasteiger charge is -2.20. The van der Waals surface area contributed by atoms with Crippen molar-refractivity contribution in [3.05, 3.63) is 53.6 Å². The zero-order valence-electron chi connectivity index (χ0n) is 16.1. The summed E-state index contributed by atoms with van der Waals surface area (Å²) in [6, 6.07) is 10.1. The van der Waals surface area contributed by atoms with Gasteiger partial charge in [0.05, 0.1) is 6.10 Å². The molecule has 0 saturated heterocycles. The van der Waals surface area contributed by atoms with Crippen molar-refractivity contribution in [1.29, 1.82) is 5.41 Å². The summed E-state index contributed by atoms with van der Waals surface area (Å²) in [7, 11) is 0. The monoisotopic (exact) mass is 400 g/mol. The Bertz CT molecular complexity index is 896. The zero-order chi connectivity index (χ0) is 21.6. The second-order valence-electron chi connectivity index (χ2n) is 6.53. The number of rotatable bonds is 10. The molecular weight excluding hydrogens is 376 g/mol. The molecule has 0 radical (unpaired) electrons. The molecule has 7 N–H and O–H groups in total. The van der Waals surface area contributed by atoms with Crippen molar-refractivity contribution >= 4 is 23.4 Å². The average molecular weight is 400 g/mol. The van der Waals surface area contributed by atoms with Gasteiger partial charge in [-0.25, -0.2) is 4.79 Å². The zero-order valence-corrected chi connectivity index (χ0v) is 16.1. The number of aliphatic carboxylic acids is 1. The fourth-order valence-corrected chi connectivity index (χ4v) is 2.52. The molecule has 2 aromatic rings. The van der Waals surface area contributed by atoms with Gasteiger partial charge >= 0.3 is 5.97 Å². The lowest BCUT2D eigenvalue weighted by molar-refractivity contribution is -0.138. The van der Waals surface area contributed by atoms with Crippen LogP contribution >= 0.6 is 0 Å². The number of carbonyl (C=O) groups is 2. The minimum absolute atomic E-state index is 0.0803. The van der Waals surface area contributed by atoms with Gasteiger partial charge in [0.15, 0.2) is 24.1 Å². The fraction of sp³-hybridized carbons (Fsp3) is 0.250. The van der Waals surface area contributed by atoms with E-state index >= 15 is 0 Å². The number of nitrogens with one attached hydrogen (secondary N) is 2. The number of carbonyl (C=O) groups excluding carboxylic acids is 1. The van der Waals surface area contributed by atoms with Crippen LogP contribution in [0.3, 0.4) is 0 Å². The summed E-state index contributed by atoms with van der Waals surface area (Å²) in [6.07, 6.45) is -0.148. The second kappa shape index (κ2) is 9.45. The van der Waals surface area contributed by atoms with E-state index in [1.807, 2.05) is 13.8 Å². The molecule has 0 bridgehead atoms. The van der Waals surface area contributed by atoms with Crippen molar-refractivity contribution in [1.82, 2.24) is 0 Å². The van der Waals surface area contributed by atoms with Crippen molar-refractivity contribution in [2.75, 3.05) is 11.9 Å². The first-order chi connectivity index (χ1) is 13.7. The summed E-state index contributed by atoms with van der Waals surface area (Å²) in [4.78, 5) is 22.9. The molecule has 1 atom stereocenters. The van der Waals surface area contributed by atoms with E-state index in [1.54, 1.807) is 36.4 Å². The van der Waals surface area contributed by atoms with E-state index in [-0.39, 0.29) is 24.3 Å². The Balaban J connectivity index is 2.33. The predicted octanol–water partition coefficient (Wildman–Crippen LogP) is 1.86. The lowest BCUT2D eigenvalue weighted by Crippen LogP contribution is -2.22. The van der Waals surface area contributed by atoms with Gasteiger partial charge in [-0.05, 0) is 55.8 Å². The third-order valence-corrected chi connectivity index (χ3v) is 3.79. The molecule has 0 saturated carbocycles. The van der Waals surface area contributed by atoms with Gasteiger partial charge in [-0.2, -0.15) is 0 Å². The minimum atomic E-state index is -1.11. The summed E-state index contributed by atoms with van der Waals surface area (Å²) in [6.45, 7) is 3.30. The van der Waals surface area contributed by atoms with Crippen LogP contribution in [0.4, 0.5) is 5.69 Å². The number of hydrogen-bond donors (Lipinski definition) is 5. The van der Waals surface area contributed by atoms with Gasteiger partial charge in [0.1, 0.15) is 5.84 Å². The second-order valence-corrected chi connectivity index (χ2v) is 6.53. The Morgan fingerprint density at radius 1 is 1.10 bits per heavy atom. The Kier molecular flexibility index (Phi) is 7.02. The summed E-state index contributed by atoms with van der Waals surface area (Å²) >= 11 is 0. The summed E-state index contributed by atoms with van der Waals surface area (Å²) < 4.78 is 11.1. The Hall–Kier alpha value is -3.75. The quantitative estimate of drug-likeness (QED) is 0.300. The number of amides is 1. The smallest absolute Gasteiger partial charge is 0.330 e. The standard InChI is InChI=1S/C20H24N4O5/c1-11(2)29-15-8-5-13(9-16(15)28-10-17(21)25)18(20(26)27)24-14-6-3-12(4-7-14)19(22)23/h3-9,11,18,24H,10H2,1-2H3,(H2,21,25)(H3,22,23)(H,26,27). The maximum Gasteiger partial charge on any atom is 0.330 e. The van der Waals surface area contributed by atoms with Crippen LogP contribution in [-0.4, -0.2) is 35.5 Å². The van der Waals surface area contributed by atoms with Crippen LogP contribution in [0.15, 0.2) is 42.5 Å². The highest BCUT2D eigenvalue weighted by Gasteiger charge is 2.22. The van der Waals surface area contributed by atoms with Gasteiger partial charge in [-0.1, -0.05) is 6.07 Å². The van der Waals surface area contributed by atoms with Crippen molar-refractivity contribution in [2.45, 2.75) is 26.0 Å². The Morgan fingerprint density at radius 3 is 2.28 bits per heavy atom. The molecule has 0 aromatic heterocycles. The number of nitrogen functional groups attached to an aromatic ring is 1. The van der Waals surface area contributed by atoms with Crippen molar-refractivity contribution in [3.8, 4) is 11.5 Å². The van der Waals surface area contributed by atoms with Gasteiger partial charge in [-0.15, -0.1) is 0 Å². The summed E-state index contributed by atoms with van der Waals surface area (Å²) in [5.74, 6) is -1.26. The minimum Gasteiger partial charge on any atom is -0.487 e. The molecule has 0 heterocycles. The van der Waals surface area contributed by atoms with Gasteiger partial charge < -0.3 is 31.4 Å². The fourth-order valence-electron chi connectivity index (χ4n) is 2.52. The van der Waals surface area contributed by atoms with Crippen LogP contribution in [0.5, 0.6) is 11.5 Å². The lowest BCUT2D eigenvalue weighted by atomic mass is 10.1. The van der Waals surface area contributed by atoms with E-state index in [0.29, 0.717) is 22.6 Å². The van der Waals surface area contributed by atoms with Crippen molar-refractivity contribution in [2.24, 2.45) is 11.5 Å². The molecule has 2 aromatic carbocycles. The largest absolute Gasteiger partial charge is 0.487 e. The number of carboxylic acid groups (broad SMARTS) is 1. The average Bonchev–Trinajstić information content (AvgIpc) is 2.65. The number of primary amides is 1.